The van der Waals surface area contributed by atoms with E-state index >= 15 is 0 Å². The molecule has 12 nitrogen and oxygen atoms in total. The molecule has 4 N–H and O–H groups in total. The Morgan fingerprint density at radius 1 is 1.02 bits per heavy atom. The lowest BCUT2D eigenvalue weighted by molar-refractivity contribution is -0.118. The molecule has 1 amide bonds. The Labute approximate surface area is 245 Å². The van der Waals surface area contributed by atoms with E-state index < -0.39 is 15.8 Å². The molecule has 0 saturated carbocycles. The maximum Gasteiger partial charge on any atom is 0.226 e. The number of amides is 1. The van der Waals surface area contributed by atoms with Gasteiger partial charge in [-0.15, -0.1) is 0 Å². The molecule has 0 bridgehead atoms. The number of hydrogen-bond acceptors (Lipinski definition) is 8. The van der Waals surface area contributed by atoms with Crippen LogP contribution < -0.4 is 10.0 Å². The van der Waals surface area contributed by atoms with Crippen LogP contribution in [0.1, 0.15) is 19.4 Å². The predicted molar refractivity (Wildman–Crippen MR) is 161 cm³/mol. The van der Waals surface area contributed by atoms with E-state index in [1.54, 1.807) is 36.9 Å². The average molecular weight is 600 g/mol. The number of sulfonamides is 1. The number of H-pyrrole nitrogens is 2. The van der Waals surface area contributed by atoms with Gasteiger partial charge in [0, 0.05) is 47.7 Å². The van der Waals surface area contributed by atoms with Crippen LogP contribution in [0.4, 0.5) is 10.1 Å². The van der Waals surface area contributed by atoms with E-state index in [0.717, 1.165) is 17.4 Å². The third-order valence-electron chi connectivity index (χ3n) is 6.68. The van der Waals surface area contributed by atoms with Crippen molar-refractivity contribution in [1.82, 2.24) is 39.8 Å². The molecule has 14 heteroatoms. The van der Waals surface area contributed by atoms with Crippen LogP contribution in [-0.2, 0) is 21.4 Å². The summed E-state index contributed by atoms with van der Waals surface area (Å²) < 4.78 is 40.0. The number of aromatic amines is 2. The summed E-state index contributed by atoms with van der Waals surface area (Å²) in [6.07, 6.45) is 7.58. The predicted octanol–water partition coefficient (Wildman–Crippen LogP) is 4.41. The van der Waals surface area contributed by atoms with Crippen molar-refractivity contribution in [2.45, 2.75) is 20.4 Å². The van der Waals surface area contributed by atoms with E-state index in [9.17, 15) is 17.6 Å². The maximum absolute atomic E-state index is 14.6. The first kappa shape index (κ1) is 28.1. The van der Waals surface area contributed by atoms with Crippen LogP contribution in [0.2, 0.25) is 0 Å². The molecule has 0 aliphatic heterocycles. The third-order valence-corrected chi connectivity index (χ3v) is 7.35. The van der Waals surface area contributed by atoms with E-state index in [1.807, 2.05) is 26.0 Å². The van der Waals surface area contributed by atoms with Crippen molar-refractivity contribution in [1.29, 1.82) is 0 Å². The lowest BCUT2D eigenvalue weighted by atomic mass is 10.1. The fourth-order valence-corrected chi connectivity index (χ4v) is 4.99. The summed E-state index contributed by atoms with van der Waals surface area (Å²) in [6.45, 7) is 3.57. The standard InChI is InChI=1S/C29H26FN9O3S/c1-15(2)29(40)35-21-9-18(12-31-14-21)19-10-22-25(38-39-27(22)33-13-19)28-36-23-4-5-32-24(26(23)37-28)17-6-16(7-20(30)8-17)11-34-43(3,41)42/h4-10,12-15,34H,11H2,1-3H3,(H,35,40)(H,36,37)(H,33,38,39). The van der Waals surface area contributed by atoms with E-state index in [0.29, 0.717) is 56.1 Å². The Kier molecular flexibility index (Phi) is 7.15. The molecular weight excluding hydrogens is 573 g/mol. The van der Waals surface area contributed by atoms with E-state index in [2.05, 4.69) is 40.2 Å². The SMILES string of the molecule is CC(C)C(=O)Nc1cncc(-c2cnc3n[nH]c(-c4nc5c(-c6cc(F)cc(CNS(C)(=O)=O)c6)nccc5[nH]4)c3c2)c1. The zero-order valence-electron chi connectivity index (χ0n) is 23.3. The Morgan fingerprint density at radius 3 is 2.63 bits per heavy atom. The first-order valence-electron chi connectivity index (χ1n) is 13.2. The number of fused-ring (bicyclic) bond motifs is 2. The zero-order chi connectivity index (χ0) is 30.3. The van der Waals surface area contributed by atoms with Gasteiger partial charge in [0.1, 0.15) is 17.0 Å². The topological polar surface area (TPSA) is 171 Å². The van der Waals surface area contributed by atoms with E-state index in [1.165, 1.54) is 12.1 Å². The fraction of sp³-hybridized carbons (Fsp3) is 0.172. The van der Waals surface area contributed by atoms with Crippen LogP contribution in [0.25, 0.3) is 56.0 Å². The highest BCUT2D eigenvalue weighted by molar-refractivity contribution is 7.88. The van der Waals surface area contributed by atoms with Crippen molar-refractivity contribution in [3.05, 3.63) is 72.6 Å². The molecule has 43 heavy (non-hydrogen) atoms. The first-order valence-corrected chi connectivity index (χ1v) is 15.1. The van der Waals surface area contributed by atoms with Crippen LogP contribution in [-0.4, -0.2) is 55.7 Å². The Morgan fingerprint density at radius 2 is 1.84 bits per heavy atom. The zero-order valence-corrected chi connectivity index (χ0v) is 24.1. The van der Waals surface area contributed by atoms with Gasteiger partial charge in [-0.25, -0.2) is 27.5 Å². The second kappa shape index (κ2) is 11.0. The molecule has 218 valence electrons. The van der Waals surface area contributed by atoms with Gasteiger partial charge in [0.05, 0.1) is 34.7 Å². The van der Waals surface area contributed by atoms with Crippen molar-refractivity contribution in [2.24, 2.45) is 5.92 Å². The monoisotopic (exact) mass is 599 g/mol. The summed E-state index contributed by atoms with van der Waals surface area (Å²) in [5.41, 5.74) is 5.62. The van der Waals surface area contributed by atoms with Crippen molar-refractivity contribution in [3.8, 4) is 33.9 Å². The Bertz CT molecular complexity index is 2120. The smallest absolute Gasteiger partial charge is 0.226 e. The summed E-state index contributed by atoms with van der Waals surface area (Å²) in [6, 6.07) is 9.76. The number of nitrogens with one attached hydrogen (secondary N) is 4. The van der Waals surface area contributed by atoms with Gasteiger partial charge in [-0.3, -0.25) is 19.9 Å². The summed E-state index contributed by atoms with van der Waals surface area (Å²) in [4.78, 5) is 33.4. The number of rotatable bonds is 8. The van der Waals surface area contributed by atoms with Gasteiger partial charge in [-0.2, -0.15) is 5.10 Å². The summed E-state index contributed by atoms with van der Waals surface area (Å²) in [7, 11) is -3.46. The van der Waals surface area contributed by atoms with E-state index in [-0.39, 0.29) is 18.4 Å². The lowest BCUT2D eigenvalue weighted by Crippen LogP contribution is -2.21. The molecule has 0 fully saturated rings. The molecule has 0 aliphatic rings. The van der Waals surface area contributed by atoms with Gasteiger partial charge < -0.3 is 10.3 Å². The van der Waals surface area contributed by atoms with Crippen LogP contribution >= 0.6 is 0 Å². The van der Waals surface area contributed by atoms with Crippen LogP contribution in [0.5, 0.6) is 0 Å². The molecule has 0 spiro atoms. The number of imidazole rings is 1. The van der Waals surface area contributed by atoms with Gasteiger partial charge in [0.15, 0.2) is 11.5 Å². The molecule has 0 atom stereocenters. The first-order chi connectivity index (χ1) is 20.5. The summed E-state index contributed by atoms with van der Waals surface area (Å²) in [5.74, 6) is -0.340. The molecule has 0 radical (unpaired) electrons. The number of pyridine rings is 3. The number of anilines is 1. The summed E-state index contributed by atoms with van der Waals surface area (Å²) >= 11 is 0. The van der Waals surface area contributed by atoms with Crippen molar-refractivity contribution in [3.63, 3.8) is 0 Å². The number of benzene rings is 1. The van der Waals surface area contributed by atoms with Crippen molar-refractivity contribution >= 4 is 43.7 Å². The molecule has 5 heterocycles. The number of carbonyl (C=O) groups excluding carboxylic acids is 1. The number of nitrogens with zero attached hydrogens (tertiary/aromatic N) is 5. The normalized spacial score (nSPS) is 11.9. The average Bonchev–Trinajstić information content (AvgIpc) is 3.59. The Hall–Kier alpha value is -5.08. The molecule has 5 aromatic heterocycles. The van der Waals surface area contributed by atoms with Gasteiger partial charge in [0.25, 0.3) is 0 Å². The maximum atomic E-state index is 14.6. The second-order valence-corrected chi connectivity index (χ2v) is 12.2. The number of halogens is 1. The highest BCUT2D eigenvalue weighted by Gasteiger charge is 2.18. The minimum absolute atomic E-state index is 0.0661. The number of carbonyl (C=O) groups is 1. The molecule has 0 unspecified atom stereocenters. The van der Waals surface area contributed by atoms with Crippen molar-refractivity contribution < 1.29 is 17.6 Å². The quantitative estimate of drug-likeness (QED) is 0.199. The molecule has 0 saturated heterocycles. The fourth-order valence-electron chi connectivity index (χ4n) is 4.56. The Balaban J connectivity index is 1.38. The van der Waals surface area contributed by atoms with Crippen LogP contribution in [0.15, 0.2) is 61.2 Å². The lowest BCUT2D eigenvalue weighted by Gasteiger charge is -2.09. The van der Waals surface area contributed by atoms with Gasteiger partial charge in [-0.1, -0.05) is 13.8 Å². The number of aromatic nitrogens is 7. The van der Waals surface area contributed by atoms with Crippen LogP contribution in [0.3, 0.4) is 0 Å². The highest BCUT2D eigenvalue weighted by atomic mass is 32.2. The molecule has 1 aromatic carbocycles. The largest absolute Gasteiger partial charge is 0.337 e. The van der Waals surface area contributed by atoms with E-state index in [4.69, 9.17) is 4.98 Å². The van der Waals surface area contributed by atoms with Gasteiger partial charge >= 0.3 is 0 Å². The van der Waals surface area contributed by atoms with Crippen LogP contribution in [0, 0.1) is 11.7 Å². The second-order valence-electron chi connectivity index (χ2n) is 10.4. The minimum Gasteiger partial charge on any atom is -0.337 e. The molecule has 0 aliphatic carbocycles. The number of hydrogen-bond donors (Lipinski definition) is 4. The highest BCUT2D eigenvalue weighted by Crippen LogP contribution is 2.32. The van der Waals surface area contributed by atoms with Crippen molar-refractivity contribution in [2.75, 3.05) is 11.6 Å². The molecule has 6 rings (SSSR count). The molecule has 6 aromatic rings. The van der Waals surface area contributed by atoms with Gasteiger partial charge in [-0.05, 0) is 42.0 Å². The summed E-state index contributed by atoms with van der Waals surface area (Å²) in [5, 5.41) is 10.9. The van der Waals surface area contributed by atoms with Gasteiger partial charge in [0.2, 0.25) is 15.9 Å². The molecular formula is C29H26FN9O3S. The minimum atomic E-state index is -3.46. The third kappa shape index (κ3) is 5.96.